The molecule has 0 aromatic carbocycles. The number of nitrogens with zero attached hydrogens (tertiary/aromatic N) is 1. The van der Waals surface area contributed by atoms with Gasteiger partial charge in [-0.3, -0.25) is 4.79 Å². The molecule has 1 amide bonds. The highest BCUT2D eigenvalue weighted by Gasteiger charge is 2.32. The molecule has 0 saturated heterocycles. The molecule has 0 aliphatic carbocycles. The van der Waals surface area contributed by atoms with Crippen molar-refractivity contribution in [1.82, 2.24) is 4.90 Å². The molecule has 1 aromatic rings. The minimum absolute atomic E-state index is 0.0697. The topological polar surface area (TPSA) is 33.5 Å². The highest BCUT2D eigenvalue weighted by atomic mass is 16.3. The SMILES string of the molecule is C/C=C1/c2cocc2C(=O)N1CCCC. The third kappa shape index (κ3) is 1.48. The quantitative estimate of drug-likeness (QED) is 0.760. The van der Waals surface area contributed by atoms with Gasteiger partial charge in [0.25, 0.3) is 5.91 Å². The van der Waals surface area contributed by atoms with Gasteiger partial charge in [-0.2, -0.15) is 0 Å². The van der Waals surface area contributed by atoms with Crippen LogP contribution in [-0.4, -0.2) is 17.4 Å². The zero-order valence-electron chi connectivity index (χ0n) is 9.12. The summed E-state index contributed by atoms with van der Waals surface area (Å²) in [6, 6.07) is 0. The predicted octanol–water partition coefficient (Wildman–Crippen LogP) is 2.90. The molecule has 1 aromatic heterocycles. The fourth-order valence-corrected chi connectivity index (χ4v) is 1.91. The van der Waals surface area contributed by atoms with E-state index in [0.29, 0.717) is 5.56 Å². The lowest BCUT2D eigenvalue weighted by molar-refractivity contribution is 0.0847. The summed E-state index contributed by atoms with van der Waals surface area (Å²) in [6.07, 6.45) is 7.27. The lowest BCUT2D eigenvalue weighted by Gasteiger charge is -2.17. The van der Waals surface area contributed by atoms with Crippen LogP contribution in [-0.2, 0) is 0 Å². The molecule has 0 atom stereocenters. The van der Waals surface area contributed by atoms with Crippen LogP contribution in [0.5, 0.6) is 0 Å². The number of unbranched alkanes of at least 4 members (excludes halogenated alkanes) is 1. The Bertz CT molecular complexity index is 404. The van der Waals surface area contributed by atoms with Gasteiger partial charge in [-0.25, -0.2) is 0 Å². The number of fused-ring (bicyclic) bond motifs is 1. The molecule has 0 radical (unpaired) electrons. The number of hydrogen-bond donors (Lipinski definition) is 0. The smallest absolute Gasteiger partial charge is 0.262 e. The van der Waals surface area contributed by atoms with Crippen molar-refractivity contribution in [2.24, 2.45) is 0 Å². The largest absolute Gasteiger partial charge is 0.471 e. The number of furan rings is 1. The average molecular weight is 205 g/mol. The van der Waals surface area contributed by atoms with E-state index in [1.165, 1.54) is 6.26 Å². The Morgan fingerprint density at radius 3 is 2.80 bits per heavy atom. The molecule has 0 spiro atoms. The number of rotatable bonds is 3. The lowest BCUT2D eigenvalue weighted by atomic mass is 10.2. The summed E-state index contributed by atoms with van der Waals surface area (Å²) in [5.74, 6) is 0.0697. The second kappa shape index (κ2) is 3.93. The monoisotopic (exact) mass is 205 g/mol. The van der Waals surface area contributed by atoms with Gasteiger partial charge in [0, 0.05) is 12.1 Å². The summed E-state index contributed by atoms with van der Waals surface area (Å²) in [6.45, 7) is 4.87. The van der Waals surface area contributed by atoms with Crippen LogP contribution in [0.1, 0.15) is 42.6 Å². The van der Waals surface area contributed by atoms with Crippen LogP contribution in [0.3, 0.4) is 0 Å². The minimum Gasteiger partial charge on any atom is -0.471 e. The molecule has 1 aliphatic rings. The molecule has 2 rings (SSSR count). The number of allylic oxidation sites excluding steroid dienone is 1. The molecule has 0 bridgehead atoms. The van der Waals surface area contributed by atoms with Crippen molar-refractivity contribution in [1.29, 1.82) is 0 Å². The number of hydrogen-bond acceptors (Lipinski definition) is 2. The summed E-state index contributed by atoms with van der Waals surface area (Å²) < 4.78 is 5.05. The lowest BCUT2D eigenvalue weighted by Crippen LogP contribution is -2.24. The molecule has 15 heavy (non-hydrogen) atoms. The highest BCUT2D eigenvalue weighted by molar-refractivity contribution is 6.08. The number of amides is 1. The van der Waals surface area contributed by atoms with E-state index in [1.807, 2.05) is 17.9 Å². The van der Waals surface area contributed by atoms with Crippen molar-refractivity contribution < 1.29 is 9.21 Å². The Hall–Kier alpha value is -1.51. The zero-order chi connectivity index (χ0) is 10.8. The van der Waals surface area contributed by atoms with Gasteiger partial charge in [-0.05, 0) is 13.3 Å². The van der Waals surface area contributed by atoms with Crippen LogP contribution < -0.4 is 0 Å². The van der Waals surface area contributed by atoms with E-state index in [-0.39, 0.29) is 5.91 Å². The summed E-state index contributed by atoms with van der Waals surface area (Å²) in [5, 5.41) is 0. The van der Waals surface area contributed by atoms with Crippen LogP contribution in [0.25, 0.3) is 5.70 Å². The summed E-state index contributed by atoms with van der Waals surface area (Å²) in [4.78, 5) is 13.8. The fourth-order valence-electron chi connectivity index (χ4n) is 1.91. The summed E-state index contributed by atoms with van der Waals surface area (Å²) in [5.41, 5.74) is 2.61. The summed E-state index contributed by atoms with van der Waals surface area (Å²) in [7, 11) is 0. The van der Waals surface area contributed by atoms with Gasteiger partial charge in [0.15, 0.2) is 0 Å². The maximum atomic E-state index is 12.0. The van der Waals surface area contributed by atoms with Gasteiger partial charge >= 0.3 is 0 Å². The maximum absolute atomic E-state index is 12.0. The minimum atomic E-state index is 0.0697. The molecular weight excluding hydrogens is 190 g/mol. The first-order valence-electron chi connectivity index (χ1n) is 5.34. The number of carbonyl (C=O) groups is 1. The first kappa shape index (κ1) is 10.0. The van der Waals surface area contributed by atoms with Crippen molar-refractivity contribution in [2.75, 3.05) is 6.54 Å². The number of carbonyl (C=O) groups excluding carboxylic acids is 1. The Morgan fingerprint density at radius 2 is 2.13 bits per heavy atom. The van der Waals surface area contributed by atoms with Gasteiger partial charge < -0.3 is 9.32 Å². The van der Waals surface area contributed by atoms with E-state index in [0.717, 1.165) is 30.6 Å². The van der Waals surface area contributed by atoms with Gasteiger partial charge in [-0.15, -0.1) is 0 Å². The molecule has 2 heterocycles. The van der Waals surface area contributed by atoms with Gasteiger partial charge in [0.2, 0.25) is 0 Å². The molecule has 3 nitrogen and oxygen atoms in total. The Kier molecular flexibility index (Phi) is 2.62. The second-order valence-electron chi connectivity index (χ2n) is 3.68. The van der Waals surface area contributed by atoms with Crippen molar-refractivity contribution in [3.05, 3.63) is 29.7 Å². The normalized spacial score (nSPS) is 17.6. The fraction of sp³-hybridized carbons (Fsp3) is 0.417. The predicted molar refractivity (Wildman–Crippen MR) is 58.3 cm³/mol. The molecule has 0 N–H and O–H groups in total. The molecule has 80 valence electrons. The van der Waals surface area contributed by atoms with Crippen LogP contribution >= 0.6 is 0 Å². The molecule has 3 heteroatoms. The molecule has 1 aliphatic heterocycles. The Morgan fingerprint density at radius 1 is 1.40 bits per heavy atom. The van der Waals surface area contributed by atoms with Crippen LogP contribution in [0.4, 0.5) is 0 Å². The van der Waals surface area contributed by atoms with Crippen molar-refractivity contribution >= 4 is 11.6 Å². The van der Waals surface area contributed by atoms with E-state index in [2.05, 4.69) is 6.92 Å². The summed E-state index contributed by atoms with van der Waals surface area (Å²) >= 11 is 0. The van der Waals surface area contributed by atoms with Crippen molar-refractivity contribution in [3.8, 4) is 0 Å². The van der Waals surface area contributed by atoms with E-state index in [1.54, 1.807) is 6.26 Å². The van der Waals surface area contributed by atoms with E-state index >= 15 is 0 Å². The van der Waals surface area contributed by atoms with Gasteiger partial charge in [-0.1, -0.05) is 19.4 Å². The molecule has 0 saturated carbocycles. The zero-order valence-corrected chi connectivity index (χ0v) is 9.12. The van der Waals surface area contributed by atoms with Crippen LogP contribution in [0, 0.1) is 0 Å². The first-order valence-corrected chi connectivity index (χ1v) is 5.34. The van der Waals surface area contributed by atoms with Gasteiger partial charge in [0.05, 0.1) is 11.3 Å². The maximum Gasteiger partial charge on any atom is 0.262 e. The van der Waals surface area contributed by atoms with Crippen molar-refractivity contribution in [3.63, 3.8) is 0 Å². The van der Waals surface area contributed by atoms with Crippen LogP contribution in [0.2, 0.25) is 0 Å². The standard InChI is InChI=1S/C12H15NO2/c1-3-5-6-13-11(4-2)9-7-15-8-10(9)12(13)14/h4,7-8H,3,5-6H2,1-2H3/b11-4-. The van der Waals surface area contributed by atoms with Gasteiger partial charge in [0.1, 0.15) is 12.5 Å². The third-order valence-electron chi connectivity index (χ3n) is 2.71. The van der Waals surface area contributed by atoms with E-state index in [9.17, 15) is 4.79 Å². The second-order valence-corrected chi connectivity index (χ2v) is 3.68. The molecule has 0 unspecified atom stereocenters. The Labute approximate surface area is 89.4 Å². The Balaban J connectivity index is 2.30. The average Bonchev–Trinajstić information content (AvgIpc) is 2.79. The molecular formula is C12H15NO2. The van der Waals surface area contributed by atoms with Crippen LogP contribution in [0.15, 0.2) is 23.0 Å². The third-order valence-corrected chi connectivity index (χ3v) is 2.71. The highest BCUT2D eigenvalue weighted by Crippen LogP contribution is 2.33. The van der Waals surface area contributed by atoms with Crippen molar-refractivity contribution in [2.45, 2.75) is 26.7 Å². The van der Waals surface area contributed by atoms with E-state index < -0.39 is 0 Å². The van der Waals surface area contributed by atoms with E-state index in [4.69, 9.17) is 4.42 Å². The molecule has 0 fully saturated rings. The first-order chi connectivity index (χ1) is 7.29.